The molecule has 0 aliphatic carbocycles. The first kappa shape index (κ1) is 17.2. The summed E-state index contributed by atoms with van der Waals surface area (Å²) in [6.45, 7) is 2.47. The quantitative estimate of drug-likeness (QED) is 0.903. The summed E-state index contributed by atoms with van der Waals surface area (Å²) in [6.07, 6.45) is 6.39. The number of primary amides is 1. The normalized spacial score (nSPS) is 20.4. The average molecular weight is 340 g/mol. The number of amides is 2. The minimum atomic E-state index is -0.311. The summed E-state index contributed by atoms with van der Waals surface area (Å²) >= 11 is 0. The number of hydrogen-bond acceptors (Lipinski definition) is 3. The van der Waals surface area contributed by atoms with Gasteiger partial charge in [0.1, 0.15) is 0 Å². The van der Waals surface area contributed by atoms with Gasteiger partial charge in [0.15, 0.2) is 0 Å². The third-order valence-corrected chi connectivity index (χ3v) is 4.89. The maximum Gasteiger partial charge on any atom is 0.223 e. The Hall–Kier alpha value is -2.63. The van der Waals surface area contributed by atoms with E-state index < -0.39 is 0 Å². The van der Waals surface area contributed by atoms with Crippen LogP contribution in [-0.4, -0.2) is 39.1 Å². The number of hydrogen-bond donors (Lipinski definition) is 1. The summed E-state index contributed by atoms with van der Waals surface area (Å²) in [4.78, 5) is 25.8. The zero-order chi connectivity index (χ0) is 17.8. The van der Waals surface area contributed by atoms with E-state index in [-0.39, 0.29) is 23.8 Å². The van der Waals surface area contributed by atoms with Crippen molar-refractivity contribution in [3.63, 3.8) is 0 Å². The molecule has 2 amide bonds. The van der Waals surface area contributed by atoms with Crippen molar-refractivity contribution in [3.8, 4) is 5.69 Å². The van der Waals surface area contributed by atoms with Gasteiger partial charge in [-0.15, -0.1) is 0 Å². The van der Waals surface area contributed by atoms with E-state index in [0.29, 0.717) is 19.4 Å². The molecule has 2 heterocycles. The first-order valence-corrected chi connectivity index (χ1v) is 8.72. The minimum Gasteiger partial charge on any atom is -0.369 e. The lowest BCUT2D eigenvalue weighted by Crippen LogP contribution is -2.48. The Morgan fingerprint density at radius 3 is 2.72 bits per heavy atom. The molecule has 2 atom stereocenters. The maximum absolute atomic E-state index is 12.6. The van der Waals surface area contributed by atoms with Gasteiger partial charge < -0.3 is 10.6 Å². The van der Waals surface area contributed by atoms with Crippen molar-refractivity contribution in [2.45, 2.75) is 38.6 Å². The molecule has 2 aromatic rings. The van der Waals surface area contributed by atoms with Crippen LogP contribution in [-0.2, 0) is 16.0 Å². The van der Waals surface area contributed by atoms with Gasteiger partial charge in [0.2, 0.25) is 11.8 Å². The number of benzene rings is 1. The first-order chi connectivity index (χ1) is 12.0. The van der Waals surface area contributed by atoms with E-state index in [0.717, 1.165) is 24.1 Å². The van der Waals surface area contributed by atoms with Gasteiger partial charge in [-0.25, -0.2) is 4.68 Å². The lowest BCUT2D eigenvalue weighted by molar-refractivity contribution is -0.137. The molecule has 25 heavy (non-hydrogen) atoms. The number of nitrogens with zero attached hydrogens (tertiary/aromatic N) is 3. The van der Waals surface area contributed by atoms with Crippen molar-refractivity contribution >= 4 is 11.8 Å². The van der Waals surface area contributed by atoms with Crippen molar-refractivity contribution in [1.29, 1.82) is 0 Å². The monoisotopic (exact) mass is 340 g/mol. The summed E-state index contributed by atoms with van der Waals surface area (Å²) < 4.78 is 1.81. The standard InChI is InChI=1S/C19H24N4O2/c1-14-7-9-16(19(20)25)13-22(14)18(24)10-8-15-11-21-23(12-15)17-5-3-2-4-6-17/h2-6,11-12,14,16H,7-10,13H2,1H3,(H2,20,25)/t14-,16-/m1/s1. The van der Waals surface area contributed by atoms with Gasteiger partial charge in [-0.2, -0.15) is 5.10 Å². The fraction of sp³-hybridized carbons (Fsp3) is 0.421. The molecule has 0 radical (unpaired) electrons. The first-order valence-electron chi connectivity index (χ1n) is 8.72. The Morgan fingerprint density at radius 2 is 2.00 bits per heavy atom. The van der Waals surface area contributed by atoms with Crippen LogP contribution < -0.4 is 5.73 Å². The second-order valence-corrected chi connectivity index (χ2v) is 6.70. The van der Waals surface area contributed by atoms with Crippen molar-refractivity contribution in [1.82, 2.24) is 14.7 Å². The van der Waals surface area contributed by atoms with E-state index in [4.69, 9.17) is 5.73 Å². The zero-order valence-corrected chi connectivity index (χ0v) is 14.5. The highest BCUT2D eigenvalue weighted by atomic mass is 16.2. The predicted molar refractivity (Wildman–Crippen MR) is 95.0 cm³/mol. The van der Waals surface area contributed by atoms with Crippen LogP contribution >= 0.6 is 0 Å². The maximum atomic E-state index is 12.6. The van der Waals surface area contributed by atoms with Gasteiger partial charge in [0, 0.05) is 25.2 Å². The molecule has 1 aromatic heterocycles. The van der Waals surface area contributed by atoms with Crippen LogP contribution in [0.3, 0.4) is 0 Å². The summed E-state index contributed by atoms with van der Waals surface area (Å²) in [5.74, 6) is -0.458. The number of likely N-dealkylation sites (tertiary alicyclic amines) is 1. The summed E-state index contributed by atoms with van der Waals surface area (Å²) in [5.41, 5.74) is 7.43. The second kappa shape index (κ2) is 7.51. The van der Waals surface area contributed by atoms with E-state index in [2.05, 4.69) is 5.10 Å². The third kappa shape index (κ3) is 4.07. The third-order valence-electron chi connectivity index (χ3n) is 4.89. The number of para-hydroxylation sites is 1. The number of aromatic nitrogens is 2. The van der Waals surface area contributed by atoms with Crippen molar-refractivity contribution < 1.29 is 9.59 Å². The van der Waals surface area contributed by atoms with Gasteiger partial charge in [0.25, 0.3) is 0 Å². The summed E-state index contributed by atoms with van der Waals surface area (Å²) in [7, 11) is 0. The molecule has 0 unspecified atom stereocenters. The van der Waals surface area contributed by atoms with Crippen LogP contribution in [0.4, 0.5) is 0 Å². The highest BCUT2D eigenvalue weighted by Crippen LogP contribution is 2.22. The number of carbonyl (C=O) groups is 2. The van der Waals surface area contributed by atoms with E-state index in [1.165, 1.54) is 0 Å². The fourth-order valence-corrected chi connectivity index (χ4v) is 3.29. The highest BCUT2D eigenvalue weighted by molar-refractivity contribution is 5.80. The van der Waals surface area contributed by atoms with Crippen LogP contribution in [0.15, 0.2) is 42.7 Å². The largest absolute Gasteiger partial charge is 0.369 e. The lowest BCUT2D eigenvalue weighted by atomic mass is 9.92. The molecular weight excluding hydrogens is 316 g/mol. The molecule has 1 fully saturated rings. The number of carbonyl (C=O) groups excluding carboxylic acids is 2. The molecule has 3 rings (SSSR count). The Kier molecular flexibility index (Phi) is 5.16. The summed E-state index contributed by atoms with van der Waals surface area (Å²) in [5, 5.41) is 4.36. The van der Waals surface area contributed by atoms with E-state index in [1.54, 1.807) is 11.1 Å². The molecule has 2 N–H and O–H groups in total. The molecule has 6 heteroatoms. The molecular formula is C19H24N4O2. The topological polar surface area (TPSA) is 81.2 Å². The minimum absolute atomic E-state index is 0.0749. The molecule has 1 aromatic carbocycles. The smallest absolute Gasteiger partial charge is 0.223 e. The lowest BCUT2D eigenvalue weighted by Gasteiger charge is -2.37. The van der Waals surface area contributed by atoms with Crippen molar-refractivity contribution in [2.75, 3.05) is 6.54 Å². The van der Waals surface area contributed by atoms with Crippen LogP contribution in [0.5, 0.6) is 0 Å². The predicted octanol–water partition coefficient (Wildman–Crippen LogP) is 1.92. The van der Waals surface area contributed by atoms with Gasteiger partial charge >= 0.3 is 0 Å². The van der Waals surface area contributed by atoms with Crippen LogP contribution in [0, 0.1) is 5.92 Å². The zero-order valence-electron chi connectivity index (χ0n) is 14.5. The van der Waals surface area contributed by atoms with E-state index in [9.17, 15) is 9.59 Å². The van der Waals surface area contributed by atoms with Crippen LogP contribution in [0.2, 0.25) is 0 Å². The van der Waals surface area contributed by atoms with Crippen molar-refractivity contribution in [3.05, 3.63) is 48.3 Å². The molecule has 6 nitrogen and oxygen atoms in total. The highest BCUT2D eigenvalue weighted by Gasteiger charge is 2.31. The average Bonchev–Trinajstić information content (AvgIpc) is 3.09. The Balaban J connectivity index is 1.59. The van der Waals surface area contributed by atoms with Crippen molar-refractivity contribution in [2.24, 2.45) is 11.7 Å². The molecule has 0 bridgehead atoms. The molecule has 1 aliphatic heterocycles. The van der Waals surface area contributed by atoms with E-state index in [1.807, 2.05) is 48.1 Å². The fourth-order valence-electron chi connectivity index (χ4n) is 3.29. The number of rotatable bonds is 5. The van der Waals surface area contributed by atoms with Gasteiger partial charge in [-0.05, 0) is 43.9 Å². The summed E-state index contributed by atoms with van der Waals surface area (Å²) in [6, 6.07) is 10.0. The molecule has 1 saturated heterocycles. The molecule has 132 valence electrons. The van der Waals surface area contributed by atoms with Gasteiger partial charge in [0.05, 0.1) is 17.8 Å². The number of nitrogens with two attached hydrogens (primary N) is 1. The van der Waals surface area contributed by atoms with Gasteiger partial charge in [-0.3, -0.25) is 9.59 Å². The molecule has 0 spiro atoms. The van der Waals surface area contributed by atoms with Gasteiger partial charge in [-0.1, -0.05) is 18.2 Å². The van der Waals surface area contributed by atoms with Crippen LogP contribution in [0.25, 0.3) is 5.69 Å². The van der Waals surface area contributed by atoms with E-state index >= 15 is 0 Å². The Bertz CT molecular complexity index is 741. The second-order valence-electron chi connectivity index (χ2n) is 6.70. The Morgan fingerprint density at radius 1 is 1.24 bits per heavy atom. The number of aryl methyl sites for hydroxylation is 1. The number of piperidine rings is 1. The SMILES string of the molecule is C[C@@H]1CC[C@@H](C(N)=O)CN1C(=O)CCc1cnn(-c2ccccc2)c1. The van der Waals surface area contributed by atoms with Crippen LogP contribution in [0.1, 0.15) is 31.7 Å². The molecule has 0 saturated carbocycles. The Labute approximate surface area is 147 Å². The molecule has 1 aliphatic rings.